The van der Waals surface area contributed by atoms with Crippen LogP contribution in [0, 0.1) is 5.92 Å². The molecule has 0 amide bonds. The maximum Gasteiger partial charge on any atom is 0.0575 e. The van der Waals surface area contributed by atoms with Crippen molar-refractivity contribution in [1.29, 1.82) is 0 Å². The zero-order valence-electron chi connectivity index (χ0n) is 11.1. The molecular formula is C13H27NO2. The number of rotatable bonds is 5. The molecule has 3 heteroatoms. The summed E-state index contributed by atoms with van der Waals surface area (Å²) in [7, 11) is 0. The Morgan fingerprint density at radius 1 is 1.25 bits per heavy atom. The first-order valence-electron chi connectivity index (χ1n) is 6.56. The first kappa shape index (κ1) is 13.9. The molecule has 3 unspecified atom stereocenters. The van der Waals surface area contributed by atoms with Crippen molar-refractivity contribution >= 4 is 0 Å². The number of aliphatic hydroxyl groups is 1. The largest absolute Gasteiger partial charge is 0.393 e. The average Bonchev–Trinajstić information content (AvgIpc) is 2.15. The van der Waals surface area contributed by atoms with Crippen LogP contribution in [-0.4, -0.2) is 36.0 Å². The zero-order valence-corrected chi connectivity index (χ0v) is 11.1. The fourth-order valence-corrected chi connectivity index (χ4v) is 2.34. The minimum Gasteiger partial charge on any atom is -0.393 e. The van der Waals surface area contributed by atoms with Crippen molar-refractivity contribution in [1.82, 2.24) is 5.32 Å². The molecular weight excluding hydrogens is 202 g/mol. The Hall–Kier alpha value is -0.120. The van der Waals surface area contributed by atoms with Crippen molar-refractivity contribution in [3.8, 4) is 0 Å². The molecule has 0 spiro atoms. The van der Waals surface area contributed by atoms with Gasteiger partial charge < -0.3 is 15.2 Å². The van der Waals surface area contributed by atoms with E-state index in [1.54, 1.807) is 0 Å². The Balaban J connectivity index is 2.17. The second-order valence-electron chi connectivity index (χ2n) is 5.48. The van der Waals surface area contributed by atoms with E-state index in [1.807, 2.05) is 0 Å². The summed E-state index contributed by atoms with van der Waals surface area (Å²) in [6.07, 6.45) is 3.55. The number of nitrogens with one attached hydrogen (secondary N) is 1. The molecule has 0 radical (unpaired) electrons. The molecule has 1 rings (SSSR count). The topological polar surface area (TPSA) is 41.5 Å². The Morgan fingerprint density at radius 2 is 1.81 bits per heavy atom. The first-order chi connectivity index (χ1) is 7.49. The van der Waals surface area contributed by atoms with Crippen LogP contribution in [0.2, 0.25) is 0 Å². The molecule has 1 aliphatic rings. The van der Waals surface area contributed by atoms with E-state index in [4.69, 9.17) is 4.74 Å². The Morgan fingerprint density at radius 3 is 2.31 bits per heavy atom. The normalized spacial score (nSPS) is 33.0. The molecule has 1 aliphatic heterocycles. The lowest BCUT2D eigenvalue weighted by Crippen LogP contribution is -2.42. The highest BCUT2D eigenvalue weighted by Crippen LogP contribution is 2.19. The third-order valence-electron chi connectivity index (χ3n) is 3.34. The van der Waals surface area contributed by atoms with Crippen LogP contribution < -0.4 is 5.32 Å². The van der Waals surface area contributed by atoms with Gasteiger partial charge in [0.25, 0.3) is 0 Å². The van der Waals surface area contributed by atoms with Gasteiger partial charge in [0, 0.05) is 6.04 Å². The van der Waals surface area contributed by atoms with Gasteiger partial charge in [-0.15, -0.1) is 0 Å². The van der Waals surface area contributed by atoms with E-state index in [1.165, 1.54) is 0 Å². The molecule has 3 nitrogen and oxygen atoms in total. The third kappa shape index (κ3) is 4.81. The van der Waals surface area contributed by atoms with Crippen LogP contribution >= 0.6 is 0 Å². The Bertz CT molecular complexity index is 186. The summed E-state index contributed by atoms with van der Waals surface area (Å²) >= 11 is 0. The smallest absolute Gasteiger partial charge is 0.0575 e. The molecule has 0 aromatic heterocycles. The van der Waals surface area contributed by atoms with Crippen LogP contribution in [-0.2, 0) is 4.74 Å². The van der Waals surface area contributed by atoms with E-state index >= 15 is 0 Å². The Labute approximate surface area is 99.6 Å². The SMILES string of the molecule is CC1CC(NCCC(O)C(C)C)CC(C)O1. The molecule has 96 valence electrons. The van der Waals surface area contributed by atoms with Gasteiger partial charge in [-0.05, 0) is 45.6 Å². The van der Waals surface area contributed by atoms with Gasteiger partial charge >= 0.3 is 0 Å². The van der Waals surface area contributed by atoms with Gasteiger partial charge in [-0.2, -0.15) is 0 Å². The van der Waals surface area contributed by atoms with E-state index in [-0.39, 0.29) is 6.10 Å². The summed E-state index contributed by atoms with van der Waals surface area (Å²) in [6, 6.07) is 0.554. The van der Waals surface area contributed by atoms with Crippen molar-refractivity contribution in [2.24, 2.45) is 5.92 Å². The number of hydrogen-bond acceptors (Lipinski definition) is 3. The summed E-state index contributed by atoms with van der Waals surface area (Å²) in [5.74, 6) is 0.356. The molecule has 0 bridgehead atoms. The number of hydrogen-bond donors (Lipinski definition) is 2. The molecule has 1 fully saturated rings. The standard InChI is InChI=1S/C13H27NO2/c1-9(2)13(15)5-6-14-12-7-10(3)16-11(4)8-12/h9-15H,5-8H2,1-4H3. The number of ether oxygens (including phenoxy) is 1. The average molecular weight is 229 g/mol. The molecule has 2 N–H and O–H groups in total. The van der Waals surface area contributed by atoms with Gasteiger partial charge in [0.1, 0.15) is 0 Å². The van der Waals surface area contributed by atoms with Crippen molar-refractivity contribution in [2.75, 3.05) is 6.54 Å². The number of aliphatic hydroxyl groups excluding tert-OH is 1. The molecule has 0 aromatic carbocycles. The molecule has 3 atom stereocenters. The second-order valence-corrected chi connectivity index (χ2v) is 5.48. The minimum absolute atomic E-state index is 0.179. The molecule has 1 heterocycles. The van der Waals surface area contributed by atoms with Crippen LogP contribution in [0.3, 0.4) is 0 Å². The summed E-state index contributed by atoms with van der Waals surface area (Å²) in [4.78, 5) is 0. The monoisotopic (exact) mass is 229 g/mol. The van der Waals surface area contributed by atoms with E-state index in [2.05, 4.69) is 33.0 Å². The molecule has 0 saturated carbocycles. The predicted molar refractivity (Wildman–Crippen MR) is 66.5 cm³/mol. The van der Waals surface area contributed by atoms with Crippen LogP contribution in [0.4, 0.5) is 0 Å². The summed E-state index contributed by atoms with van der Waals surface area (Å²) in [6.45, 7) is 9.29. The van der Waals surface area contributed by atoms with Gasteiger partial charge in [0.05, 0.1) is 18.3 Å². The van der Waals surface area contributed by atoms with Crippen molar-refractivity contribution in [3.63, 3.8) is 0 Å². The van der Waals surface area contributed by atoms with Crippen molar-refractivity contribution < 1.29 is 9.84 Å². The quantitative estimate of drug-likeness (QED) is 0.757. The summed E-state index contributed by atoms with van der Waals surface area (Å²) in [5, 5.41) is 13.2. The highest BCUT2D eigenvalue weighted by Gasteiger charge is 2.23. The van der Waals surface area contributed by atoms with Crippen LogP contribution in [0.25, 0.3) is 0 Å². The maximum absolute atomic E-state index is 9.70. The van der Waals surface area contributed by atoms with E-state index in [0.29, 0.717) is 24.2 Å². The van der Waals surface area contributed by atoms with Crippen LogP contribution in [0.1, 0.15) is 47.0 Å². The fourth-order valence-electron chi connectivity index (χ4n) is 2.34. The lowest BCUT2D eigenvalue weighted by Gasteiger charge is -2.33. The highest BCUT2D eigenvalue weighted by molar-refractivity contribution is 4.78. The van der Waals surface area contributed by atoms with Gasteiger partial charge in [0.15, 0.2) is 0 Å². The lowest BCUT2D eigenvalue weighted by atomic mass is 9.99. The third-order valence-corrected chi connectivity index (χ3v) is 3.34. The fraction of sp³-hybridized carbons (Fsp3) is 1.00. The predicted octanol–water partition coefficient (Wildman–Crippen LogP) is 1.94. The molecule has 0 aromatic rings. The van der Waals surface area contributed by atoms with Crippen molar-refractivity contribution in [3.05, 3.63) is 0 Å². The minimum atomic E-state index is -0.179. The lowest BCUT2D eigenvalue weighted by molar-refractivity contribution is -0.0424. The molecule has 0 aliphatic carbocycles. The Kier molecular flexibility index (Phi) is 5.73. The summed E-state index contributed by atoms with van der Waals surface area (Å²) in [5.41, 5.74) is 0. The molecule has 1 saturated heterocycles. The van der Waals surface area contributed by atoms with E-state index < -0.39 is 0 Å². The van der Waals surface area contributed by atoms with Crippen molar-refractivity contribution in [2.45, 2.75) is 71.3 Å². The van der Waals surface area contributed by atoms with Gasteiger partial charge in [-0.25, -0.2) is 0 Å². The zero-order chi connectivity index (χ0) is 12.1. The maximum atomic E-state index is 9.70. The van der Waals surface area contributed by atoms with Gasteiger partial charge in [-0.3, -0.25) is 0 Å². The summed E-state index contributed by atoms with van der Waals surface area (Å²) < 4.78 is 5.69. The van der Waals surface area contributed by atoms with Gasteiger partial charge in [-0.1, -0.05) is 13.8 Å². The van der Waals surface area contributed by atoms with E-state index in [0.717, 1.165) is 25.8 Å². The van der Waals surface area contributed by atoms with Crippen LogP contribution in [0.15, 0.2) is 0 Å². The second kappa shape index (κ2) is 6.58. The van der Waals surface area contributed by atoms with Gasteiger partial charge in [0.2, 0.25) is 0 Å². The van der Waals surface area contributed by atoms with E-state index in [9.17, 15) is 5.11 Å². The molecule has 16 heavy (non-hydrogen) atoms. The highest BCUT2D eigenvalue weighted by atomic mass is 16.5. The first-order valence-corrected chi connectivity index (χ1v) is 6.56. The van der Waals surface area contributed by atoms with Crippen LogP contribution in [0.5, 0.6) is 0 Å².